The lowest BCUT2D eigenvalue weighted by atomic mass is 10.1. The molecule has 0 bridgehead atoms. The highest BCUT2D eigenvalue weighted by atomic mass is 16.5. The highest BCUT2D eigenvalue weighted by Crippen LogP contribution is 2.20. The first-order valence-electron chi connectivity index (χ1n) is 8.55. The van der Waals surface area contributed by atoms with Crippen LogP contribution in [0, 0.1) is 13.8 Å². The van der Waals surface area contributed by atoms with E-state index in [9.17, 15) is 9.59 Å². The van der Waals surface area contributed by atoms with Crippen LogP contribution in [0.3, 0.4) is 0 Å². The normalized spacial score (nSPS) is 10.5. The molecule has 0 atom stereocenters. The summed E-state index contributed by atoms with van der Waals surface area (Å²) in [5, 5.41) is 2.87. The van der Waals surface area contributed by atoms with Crippen molar-refractivity contribution >= 4 is 11.6 Å². The maximum absolute atomic E-state index is 12.4. The molecule has 27 heavy (non-hydrogen) atoms. The molecule has 0 unspecified atom stereocenters. The highest BCUT2D eigenvalue weighted by molar-refractivity contribution is 5.92. The van der Waals surface area contributed by atoms with Crippen molar-refractivity contribution in [2.45, 2.75) is 20.4 Å². The summed E-state index contributed by atoms with van der Waals surface area (Å²) in [4.78, 5) is 29.0. The van der Waals surface area contributed by atoms with Gasteiger partial charge in [-0.1, -0.05) is 18.2 Å². The van der Waals surface area contributed by atoms with Gasteiger partial charge in [0, 0.05) is 17.3 Å². The fraction of sp³-hybridized carbons (Fsp3) is 0.190. The Balaban J connectivity index is 1.76. The van der Waals surface area contributed by atoms with Crippen LogP contribution in [0.5, 0.6) is 5.75 Å². The standard InChI is InChI=1S/C21H21N3O3/c1-14-5-4-6-15(2)21(14)23-19(25)12-24-13-22-18(11-20(24)26)16-7-9-17(27-3)10-8-16/h4-11,13H,12H2,1-3H3,(H,23,25). The molecule has 0 saturated heterocycles. The molecule has 1 N–H and O–H groups in total. The van der Waals surface area contributed by atoms with Crippen molar-refractivity contribution in [1.29, 1.82) is 0 Å². The Labute approximate surface area is 157 Å². The van der Waals surface area contributed by atoms with Gasteiger partial charge >= 0.3 is 0 Å². The van der Waals surface area contributed by atoms with Crippen LogP contribution in [0.1, 0.15) is 11.1 Å². The van der Waals surface area contributed by atoms with Crippen LogP contribution in [0.4, 0.5) is 5.69 Å². The summed E-state index contributed by atoms with van der Waals surface area (Å²) >= 11 is 0. The Hall–Kier alpha value is -3.41. The Morgan fingerprint density at radius 2 is 1.78 bits per heavy atom. The molecule has 0 aliphatic carbocycles. The molecule has 138 valence electrons. The molecule has 6 nitrogen and oxygen atoms in total. The number of carbonyl (C=O) groups is 1. The summed E-state index contributed by atoms with van der Waals surface area (Å²) in [6.45, 7) is 3.77. The average molecular weight is 363 g/mol. The van der Waals surface area contributed by atoms with E-state index in [4.69, 9.17) is 4.74 Å². The van der Waals surface area contributed by atoms with Gasteiger partial charge in [0.1, 0.15) is 12.3 Å². The number of amides is 1. The zero-order chi connectivity index (χ0) is 19.4. The molecule has 0 aliphatic rings. The summed E-state index contributed by atoms with van der Waals surface area (Å²) < 4.78 is 6.41. The Kier molecular flexibility index (Phi) is 5.35. The number of aryl methyl sites for hydroxylation is 2. The van der Waals surface area contributed by atoms with Gasteiger partial charge in [-0.05, 0) is 49.2 Å². The molecule has 1 aromatic heterocycles. The van der Waals surface area contributed by atoms with Gasteiger partial charge in [-0.15, -0.1) is 0 Å². The van der Waals surface area contributed by atoms with Gasteiger partial charge in [0.25, 0.3) is 5.56 Å². The molecule has 6 heteroatoms. The third-order valence-electron chi connectivity index (χ3n) is 4.32. The van der Waals surface area contributed by atoms with Crippen molar-refractivity contribution < 1.29 is 9.53 Å². The lowest BCUT2D eigenvalue weighted by molar-refractivity contribution is -0.116. The quantitative estimate of drug-likeness (QED) is 0.756. The van der Waals surface area contributed by atoms with E-state index in [1.165, 1.54) is 17.0 Å². The minimum Gasteiger partial charge on any atom is -0.497 e. The van der Waals surface area contributed by atoms with Crippen molar-refractivity contribution in [2.24, 2.45) is 0 Å². The topological polar surface area (TPSA) is 73.2 Å². The molecule has 3 aromatic rings. The SMILES string of the molecule is COc1ccc(-c2cc(=O)n(CC(=O)Nc3c(C)cccc3C)cn2)cc1. The highest BCUT2D eigenvalue weighted by Gasteiger charge is 2.10. The van der Waals surface area contributed by atoms with Crippen LogP contribution in [-0.2, 0) is 11.3 Å². The number of aromatic nitrogens is 2. The van der Waals surface area contributed by atoms with E-state index in [1.54, 1.807) is 19.2 Å². The molecule has 0 radical (unpaired) electrons. The summed E-state index contributed by atoms with van der Waals surface area (Å²) in [5.41, 5.74) is 3.80. The van der Waals surface area contributed by atoms with Crippen molar-refractivity contribution in [2.75, 3.05) is 12.4 Å². The second-order valence-corrected chi connectivity index (χ2v) is 6.28. The number of hydrogen-bond donors (Lipinski definition) is 1. The van der Waals surface area contributed by atoms with Gasteiger partial charge in [0.05, 0.1) is 19.1 Å². The molecule has 0 aliphatic heterocycles. The van der Waals surface area contributed by atoms with Crippen molar-refractivity contribution in [1.82, 2.24) is 9.55 Å². The predicted octanol–water partition coefficient (Wildman–Crippen LogP) is 3.17. The molecule has 3 rings (SSSR count). The smallest absolute Gasteiger partial charge is 0.254 e. The molecule has 0 spiro atoms. The van der Waals surface area contributed by atoms with Crippen molar-refractivity contribution in [3.8, 4) is 17.0 Å². The maximum Gasteiger partial charge on any atom is 0.254 e. The first-order chi connectivity index (χ1) is 13.0. The Morgan fingerprint density at radius 3 is 2.37 bits per heavy atom. The number of benzene rings is 2. The molecular formula is C21H21N3O3. The largest absolute Gasteiger partial charge is 0.497 e. The first-order valence-corrected chi connectivity index (χ1v) is 8.55. The lowest BCUT2D eigenvalue weighted by Crippen LogP contribution is -2.27. The second-order valence-electron chi connectivity index (χ2n) is 6.28. The van der Waals surface area contributed by atoms with E-state index in [0.717, 1.165) is 28.1 Å². The number of methoxy groups -OCH3 is 1. The van der Waals surface area contributed by atoms with Gasteiger partial charge in [-0.2, -0.15) is 0 Å². The van der Waals surface area contributed by atoms with Crippen molar-refractivity contribution in [3.63, 3.8) is 0 Å². The van der Waals surface area contributed by atoms with E-state index in [-0.39, 0.29) is 18.0 Å². The third kappa shape index (κ3) is 4.23. The van der Waals surface area contributed by atoms with Crippen LogP contribution in [0.2, 0.25) is 0 Å². The maximum atomic E-state index is 12.4. The van der Waals surface area contributed by atoms with Gasteiger partial charge in [-0.3, -0.25) is 14.2 Å². The van der Waals surface area contributed by atoms with E-state index < -0.39 is 0 Å². The number of ether oxygens (including phenoxy) is 1. The van der Waals surface area contributed by atoms with Gasteiger partial charge in [0.2, 0.25) is 5.91 Å². The van der Waals surface area contributed by atoms with Gasteiger partial charge < -0.3 is 10.1 Å². The fourth-order valence-corrected chi connectivity index (χ4v) is 2.81. The van der Waals surface area contributed by atoms with E-state index in [0.29, 0.717) is 5.69 Å². The minimum atomic E-state index is -0.285. The molecule has 1 heterocycles. The van der Waals surface area contributed by atoms with Crippen LogP contribution in [-0.4, -0.2) is 22.6 Å². The van der Waals surface area contributed by atoms with E-state index in [1.807, 2.05) is 44.2 Å². The molecule has 0 fully saturated rings. The zero-order valence-electron chi connectivity index (χ0n) is 15.5. The summed E-state index contributed by atoms with van der Waals surface area (Å²) in [6, 6.07) is 14.5. The summed E-state index contributed by atoms with van der Waals surface area (Å²) in [5.74, 6) is 0.462. The zero-order valence-corrected chi connectivity index (χ0v) is 15.5. The second kappa shape index (κ2) is 7.86. The van der Waals surface area contributed by atoms with Gasteiger partial charge in [-0.25, -0.2) is 4.98 Å². The number of rotatable bonds is 5. The number of nitrogens with one attached hydrogen (secondary N) is 1. The average Bonchev–Trinajstić information content (AvgIpc) is 2.66. The molecule has 1 amide bonds. The molecule has 0 saturated carbocycles. The van der Waals surface area contributed by atoms with Crippen LogP contribution in [0.15, 0.2) is 59.7 Å². The summed E-state index contributed by atoms with van der Waals surface area (Å²) in [7, 11) is 1.60. The Bertz CT molecular complexity index is 1000. The fourth-order valence-electron chi connectivity index (χ4n) is 2.81. The van der Waals surface area contributed by atoms with Crippen LogP contribution >= 0.6 is 0 Å². The number of anilines is 1. The Morgan fingerprint density at radius 1 is 1.11 bits per heavy atom. The number of hydrogen-bond acceptors (Lipinski definition) is 4. The first kappa shape index (κ1) is 18.4. The van der Waals surface area contributed by atoms with Crippen LogP contribution < -0.4 is 15.6 Å². The monoisotopic (exact) mass is 363 g/mol. The van der Waals surface area contributed by atoms with E-state index >= 15 is 0 Å². The minimum absolute atomic E-state index is 0.0947. The van der Waals surface area contributed by atoms with E-state index in [2.05, 4.69) is 10.3 Å². The molecule has 2 aromatic carbocycles. The van der Waals surface area contributed by atoms with Gasteiger partial charge in [0.15, 0.2) is 0 Å². The molecular weight excluding hydrogens is 342 g/mol. The number of carbonyl (C=O) groups excluding carboxylic acids is 1. The lowest BCUT2D eigenvalue weighted by Gasteiger charge is -2.12. The third-order valence-corrected chi connectivity index (χ3v) is 4.32. The number of para-hydroxylation sites is 1. The van der Waals surface area contributed by atoms with Crippen LogP contribution in [0.25, 0.3) is 11.3 Å². The summed E-state index contributed by atoms with van der Waals surface area (Å²) in [6.07, 6.45) is 1.40. The predicted molar refractivity (Wildman–Crippen MR) is 105 cm³/mol. The van der Waals surface area contributed by atoms with Crippen molar-refractivity contribution in [3.05, 3.63) is 76.3 Å². The number of nitrogens with zero attached hydrogens (tertiary/aromatic N) is 2.